The van der Waals surface area contributed by atoms with Crippen LogP contribution in [-0.4, -0.2) is 12.4 Å². The van der Waals surface area contributed by atoms with Crippen molar-refractivity contribution in [2.24, 2.45) is 5.41 Å². The second kappa shape index (κ2) is 5.68. The van der Waals surface area contributed by atoms with Crippen molar-refractivity contribution in [2.75, 3.05) is 12.4 Å². The molecule has 0 atom stereocenters. The summed E-state index contributed by atoms with van der Waals surface area (Å²) in [5.74, 6) is 0.525. The molecular formula is C13H16BrClFN. The highest BCUT2D eigenvalue weighted by Crippen LogP contribution is 2.48. The summed E-state index contributed by atoms with van der Waals surface area (Å²) in [5.41, 5.74) is 1.38. The fraction of sp³-hybridized carbons (Fsp3) is 0.538. The normalized spacial score (nSPS) is 17.1. The smallest absolute Gasteiger partial charge is 0.137 e. The van der Waals surface area contributed by atoms with Gasteiger partial charge in [0, 0.05) is 19.0 Å². The van der Waals surface area contributed by atoms with Gasteiger partial charge in [0.15, 0.2) is 0 Å². The van der Waals surface area contributed by atoms with E-state index in [1.165, 1.54) is 18.9 Å². The van der Waals surface area contributed by atoms with Gasteiger partial charge in [-0.25, -0.2) is 4.39 Å². The van der Waals surface area contributed by atoms with E-state index < -0.39 is 0 Å². The summed E-state index contributed by atoms with van der Waals surface area (Å²) >= 11 is 9.05. The van der Waals surface area contributed by atoms with Crippen molar-refractivity contribution >= 4 is 27.5 Å². The van der Waals surface area contributed by atoms with Crippen LogP contribution in [0.4, 0.5) is 4.39 Å². The molecule has 1 aromatic rings. The second-order valence-corrected chi connectivity index (χ2v) is 5.93. The fourth-order valence-electron chi connectivity index (χ4n) is 2.04. The molecule has 1 nitrogen and oxygen atoms in total. The first-order chi connectivity index (χ1) is 8.17. The molecule has 0 heterocycles. The number of rotatable bonds is 6. The van der Waals surface area contributed by atoms with Crippen LogP contribution < -0.4 is 5.32 Å². The minimum atomic E-state index is -0.203. The van der Waals surface area contributed by atoms with Crippen LogP contribution in [0.5, 0.6) is 0 Å². The van der Waals surface area contributed by atoms with Gasteiger partial charge < -0.3 is 5.32 Å². The molecule has 0 amide bonds. The molecule has 1 saturated carbocycles. The van der Waals surface area contributed by atoms with E-state index in [4.69, 9.17) is 11.6 Å². The van der Waals surface area contributed by atoms with Gasteiger partial charge in [0.05, 0.1) is 4.47 Å². The van der Waals surface area contributed by atoms with Crippen molar-refractivity contribution in [3.8, 4) is 0 Å². The Hall–Kier alpha value is -0.120. The molecule has 0 aliphatic heterocycles. The summed E-state index contributed by atoms with van der Waals surface area (Å²) in [6.45, 7) is 1.67. The SMILES string of the molecule is Fc1cccc(CNCC2(CCCl)CC2)c1Br. The van der Waals surface area contributed by atoms with Gasteiger partial charge in [-0.1, -0.05) is 12.1 Å². The molecule has 0 radical (unpaired) electrons. The summed E-state index contributed by atoms with van der Waals surface area (Å²) in [4.78, 5) is 0. The third kappa shape index (κ3) is 3.43. The van der Waals surface area contributed by atoms with Crippen molar-refractivity contribution in [3.63, 3.8) is 0 Å². The summed E-state index contributed by atoms with van der Waals surface area (Å²) < 4.78 is 13.8. The Morgan fingerprint density at radius 2 is 2.18 bits per heavy atom. The van der Waals surface area contributed by atoms with E-state index >= 15 is 0 Å². The average molecular weight is 321 g/mol. The third-order valence-corrected chi connectivity index (χ3v) is 4.51. The fourth-order valence-corrected chi connectivity index (χ4v) is 2.85. The van der Waals surface area contributed by atoms with Crippen LogP contribution in [0.25, 0.3) is 0 Å². The highest BCUT2D eigenvalue weighted by molar-refractivity contribution is 9.10. The number of nitrogens with one attached hydrogen (secondary N) is 1. The summed E-state index contributed by atoms with van der Waals surface area (Å²) in [7, 11) is 0. The van der Waals surface area contributed by atoms with Gasteiger partial charge in [-0.3, -0.25) is 0 Å². The van der Waals surface area contributed by atoms with E-state index in [0.717, 1.165) is 24.4 Å². The maximum absolute atomic E-state index is 13.3. The lowest BCUT2D eigenvalue weighted by Crippen LogP contribution is -2.24. The monoisotopic (exact) mass is 319 g/mol. The van der Waals surface area contributed by atoms with Crippen LogP contribution >= 0.6 is 27.5 Å². The molecular weight excluding hydrogens is 305 g/mol. The molecule has 4 heteroatoms. The van der Waals surface area contributed by atoms with Crippen molar-refractivity contribution in [1.29, 1.82) is 0 Å². The van der Waals surface area contributed by atoms with Crippen LogP contribution in [-0.2, 0) is 6.54 Å². The zero-order valence-electron chi connectivity index (χ0n) is 9.61. The molecule has 0 bridgehead atoms. The van der Waals surface area contributed by atoms with E-state index in [0.29, 0.717) is 16.4 Å². The quantitative estimate of drug-likeness (QED) is 0.779. The molecule has 1 N–H and O–H groups in total. The van der Waals surface area contributed by atoms with E-state index in [2.05, 4.69) is 21.2 Å². The topological polar surface area (TPSA) is 12.0 Å². The van der Waals surface area contributed by atoms with E-state index in [9.17, 15) is 4.39 Å². The van der Waals surface area contributed by atoms with Crippen LogP contribution in [0.15, 0.2) is 22.7 Å². The van der Waals surface area contributed by atoms with Crippen molar-refractivity contribution < 1.29 is 4.39 Å². The lowest BCUT2D eigenvalue weighted by atomic mass is 10.0. The highest BCUT2D eigenvalue weighted by atomic mass is 79.9. The van der Waals surface area contributed by atoms with Gasteiger partial charge in [-0.15, -0.1) is 11.6 Å². The number of hydrogen-bond donors (Lipinski definition) is 1. The first-order valence-corrected chi connectivity index (χ1v) is 7.19. The molecule has 17 heavy (non-hydrogen) atoms. The molecule has 0 spiro atoms. The predicted octanol–water partition coefficient (Wildman–Crippen LogP) is 4.09. The Kier molecular flexibility index (Phi) is 4.45. The van der Waals surface area contributed by atoms with Gasteiger partial charge in [0.2, 0.25) is 0 Å². The maximum Gasteiger partial charge on any atom is 0.137 e. The predicted molar refractivity (Wildman–Crippen MR) is 72.8 cm³/mol. The third-order valence-electron chi connectivity index (χ3n) is 3.43. The summed E-state index contributed by atoms with van der Waals surface area (Å²) in [5, 5.41) is 3.40. The van der Waals surface area contributed by atoms with Crippen molar-refractivity contribution in [1.82, 2.24) is 5.32 Å². The molecule has 1 aliphatic carbocycles. The van der Waals surface area contributed by atoms with Crippen LogP contribution in [0, 0.1) is 11.2 Å². The number of benzene rings is 1. The Balaban J connectivity index is 1.84. The number of alkyl halides is 1. The molecule has 0 unspecified atom stereocenters. The van der Waals surface area contributed by atoms with Gasteiger partial charge in [-0.05, 0) is 52.2 Å². The van der Waals surface area contributed by atoms with Gasteiger partial charge in [0.25, 0.3) is 0 Å². The Bertz CT molecular complexity index is 393. The Morgan fingerprint density at radius 3 is 2.82 bits per heavy atom. The molecule has 1 aromatic carbocycles. The lowest BCUT2D eigenvalue weighted by Gasteiger charge is -2.15. The molecule has 94 valence electrons. The maximum atomic E-state index is 13.3. The first kappa shape index (κ1) is 13.3. The molecule has 0 saturated heterocycles. The summed E-state index contributed by atoms with van der Waals surface area (Å²) in [6, 6.07) is 5.13. The van der Waals surface area contributed by atoms with E-state index in [-0.39, 0.29) is 5.82 Å². The molecule has 0 aromatic heterocycles. The van der Waals surface area contributed by atoms with Crippen LogP contribution in [0.1, 0.15) is 24.8 Å². The average Bonchev–Trinajstić information content (AvgIpc) is 3.05. The van der Waals surface area contributed by atoms with Gasteiger partial charge >= 0.3 is 0 Å². The van der Waals surface area contributed by atoms with Gasteiger partial charge in [0.1, 0.15) is 5.82 Å². The molecule has 1 aliphatic rings. The Morgan fingerprint density at radius 1 is 1.41 bits per heavy atom. The zero-order valence-corrected chi connectivity index (χ0v) is 12.0. The zero-order chi connectivity index (χ0) is 12.3. The molecule has 2 rings (SSSR count). The Labute approximate surface area is 115 Å². The van der Waals surface area contributed by atoms with Crippen molar-refractivity contribution in [2.45, 2.75) is 25.8 Å². The van der Waals surface area contributed by atoms with Crippen LogP contribution in [0.2, 0.25) is 0 Å². The minimum Gasteiger partial charge on any atom is -0.312 e. The van der Waals surface area contributed by atoms with Crippen LogP contribution in [0.3, 0.4) is 0 Å². The summed E-state index contributed by atoms with van der Waals surface area (Å²) in [6.07, 6.45) is 3.60. The van der Waals surface area contributed by atoms with E-state index in [1.54, 1.807) is 6.07 Å². The van der Waals surface area contributed by atoms with Gasteiger partial charge in [-0.2, -0.15) is 0 Å². The number of halogens is 3. The first-order valence-electron chi connectivity index (χ1n) is 5.86. The standard InChI is InChI=1S/C13H16BrClFN/c14-12-10(2-1-3-11(12)16)8-17-9-13(4-5-13)6-7-15/h1-3,17H,4-9H2. The molecule has 1 fully saturated rings. The van der Waals surface area contributed by atoms with Crippen molar-refractivity contribution in [3.05, 3.63) is 34.1 Å². The van der Waals surface area contributed by atoms with E-state index in [1.807, 2.05) is 6.07 Å². The minimum absolute atomic E-state index is 0.203. The second-order valence-electron chi connectivity index (χ2n) is 4.76. The lowest BCUT2D eigenvalue weighted by molar-refractivity contribution is 0.445. The highest BCUT2D eigenvalue weighted by Gasteiger charge is 2.41. The number of hydrogen-bond acceptors (Lipinski definition) is 1. The largest absolute Gasteiger partial charge is 0.312 e.